The number of fused-ring (bicyclic) bond motifs is 6. The van der Waals surface area contributed by atoms with Gasteiger partial charge in [-0.15, -0.1) is 0 Å². The van der Waals surface area contributed by atoms with Gasteiger partial charge in [0.2, 0.25) is 0 Å². The first-order chi connectivity index (χ1) is 14.4. The standard InChI is InChI=1S/C26H34N2O2/c1-25-12-11-17(29)13-16(25)7-8-18-19-9-10-23(26(19,2)14-22(30)24(18)25)28-15-27-20-5-3-4-6-21(20)28/h3-6,15-16,18-19,22-24,30H,7-14H2,1-2H3. The Kier molecular flexibility index (Phi) is 4.07. The molecular formula is C26H34N2O2. The van der Waals surface area contributed by atoms with Crippen LogP contribution in [0.25, 0.3) is 11.0 Å². The first-order valence-corrected chi connectivity index (χ1v) is 12.0. The molecule has 1 N–H and O–H groups in total. The number of aliphatic hydroxyl groups is 1. The van der Waals surface area contributed by atoms with Gasteiger partial charge in [0.05, 0.1) is 23.5 Å². The minimum Gasteiger partial charge on any atom is -0.393 e. The maximum absolute atomic E-state index is 12.1. The van der Waals surface area contributed by atoms with Gasteiger partial charge in [-0.3, -0.25) is 4.79 Å². The van der Waals surface area contributed by atoms with E-state index in [-0.39, 0.29) is 16.9 Å². The molecule has 0 aliphatic heterocycles. The number of rotatable bonds is 1. The predicted molar refractivity (Wildman–Crippen MR) is 117 cm³/mol. The molecular weight excluding hydrogens is 372 g/mol. The average Bonchev–Trinajstić information content (AvgIpc) is 3.28. The van der Waals surface area contributed by atoms with Crippen LogP contribution in [0.4, 0.5) is 0 Å². The van der Waals surface area contributed by atoms with Crippen molar-refractivity contribution in [1.29, 1.82) is 0 Å². The fraction of sp³-hybridized carbons (Fsp3) is 0.692. The highest BCUT2D eigenvalue weighted by molar-refractivity contribution is 5.79. The Morgan fingerprint density at radius 1 is 1.10 bits per heavy atom. The minimum absolute atomic E-state index is 0.109. The predicted octanol–water partition coefficient (Wildman–Crippen LogP) is 5.16. The first kappa shape index (κ1) is 19.0. The van der Waals surface area contributed by atoms with Crippen molar-refractivity contribution < 1.29 is 9.90 Å². The van der Waals surface area contributed by atoms with Crippen molar-refractivity contribution in [3.05, 3.63) is 30.6 Å². The fourth-order valence-corrected chi connectivity index (χ4v) is 8.83. The zero-order valence-corrected chi connectivity index (χ0v) is 18.3. The molecule has 6 rings (SSSR count). The Morgan fingerprint density at radius 2 is 1.93 bits per heavy atom. The molecule has 1 heterocycles. The summed E-state index contributed by atoms with van der Waals surface area (Å²) >= 11 is 0. The van der Waals surface area contributed by atoms with E-state index < -0.39 is 0 Å². The Labute approximate surface area is 179 Å². The normalized spacial score (nSPS) is 45.8. The quantitative estimate of drug-likeness (QED) is 0.712. The van der Waals surface area contributed by atoms with Gasteiger partial charge in [0.1, 0.15) is 5.78 Å². The van der Waals surface area contributed by atoms with Crippen molar-refractivity contribution in [2.75, 3.05) is 0 Å². The summed E-state index contributed by atoms with van der Waals surface area (Å²) in [6.45, 7) is 4.85. The second kappa shape index (κ2) is 6.41. The summed E-state index contributed by atoms with van der Waals surface area (Å²) in [7, 11) is 0. The summed E-state index contributed by atoms with van der Waals surface area (Å²) in [5, 5.41) is 11.6. The summed E-state index contributed by atoms with van der Waals surface area (Å²) in [5.74, 6) is 2.54. The number of para-hydroxylation sites is 2. The van der Waals surface area contributed by atoms with Gasteiger partial charge in [0.15, 0.2) is 0 Å². The number of benzene rings is 1. The van der Waals surface area contributed by atoms with Gasteiger partial charge >= 0.3 is 0 Å². The molecule has 4 saturated carbocycles. The van der Waals surface area contributed by atoms with E-state index in [1.54, 1.807) is 0 Å². The number of Topliss-reactive ketones (excluding diaryl/α,β-unsaturated/α-hetero) is 1. The number of carbonyl (C=O) groups excluding carboxylic acids is 1. The highest BCUT2D eigenvalue weighted by atomic mass is 16.3. The number of nitrogens with zero attached hydrogens (tertiary/aromatic N) is 2. The van der Waals surface area contributed by atoms with Gasteiger partial charge in [-0.05, 0) is 85.2 Å². The molecule has 2 aromatic rings. The van der Waals surface area contributed by atoms with Gasteiger partial charge in [0, 0.05) is 18.9 Å². The summed E-state index contributed by atoms with van der Waals surface area (Å²) in [4.78, 5) is 16.8. The molecule has 0 amide bonds. The Hall–Kier alpha value is -1.68. The molecule has 160 valence electrons. The maximum atomic E-state index is 12.1. The summed E-state index contributed by atoms with van der Waals surface area (Å²) < 4.78 is 2.41. The summed E-state index contributed by atoms with van der Waals surface area (Å²) in [6.07, 6.45) is 9.89. The lowest BCUT2D eigenvalue weighted by Crippen LogP contribution is -2.58. The second-order valence-electron chi connectivity index (χ2n) is 11.3. The van der Waals surface area contributed by atoms with Gasteiger partial charge in [-0.2, -0.15) is 0 Å². The van der Waals surface area contributed by atoms with E-state index in [0.717, 1.165) is 24.8 Å². The second-order valence-corrected chi connectivity index (χ2v) is 11.3. The molecule has 4 nitrogen and oxygen atoms in total. The van der Waals surface area contributed by atoms with E-state index in [2.05, 4.69) is 47.7 Å². The molecule has 0 spiro atoms. The number of carbonyl (C=O) groups is 1. The van der Waals surface area contributed by atoms with Crippen LogP contribution in [0.5, 0.6) is 0 Å². The minimum atomic E-state index is -0.257. The lowest BCUT2D eigenvalue weighted by atomic mass is 9.44. The molecule has 30 heavy (non-hydrogen) atoms. The molecule has 4 heteroatoms. The van der Waals surface area contributed by atoms with E-state index in [4.69, 9.17) is 0 Å². The maximum Gasteiger partial charge on any atom is 0.133 e. The number of aliphatic hydroxyl groups excluding tert-OH is 1. The molecule has 1 aromatic heterocycles. The molecule has 0 bridgehead atoms. The summed E-state index contributed by atoms with van der Waals surface area (Å²) in [5.41, 5.74) is 2.54. The molecule has 4 fully saturated rings. The van der Waals surface area contributed by atoms with Crippen LogP contribution < -0.4 is 0 Å². The van der Waals surface area contributed by atoms with Crippen LogP contribution in [0.1, 0.15) is 71.3 Å². The van der Waals surface area contributed by atoms with Gasteiger partial charge in [-0.1, -0.05) is 26.0 Å². The van der Waals surface area contributed by atoms with Crippen molar-refractivity contribution in [3.8, 4) is 0 Å². The topological polar surface area (TPSA) is 55.1 Å². The van der Waals surface area contributed by atoms with Gasteiger partial charge in [-0.25, -0.2) is 4.98 Å². The Balaban J connectivity index is 1.37. The Bertz CT molecular complexity index is 998. The number of aromatic nitrogens is 2. The van der Waals surface area contributed by atoms with E-state index >= 15 is 0 Å². The largest absolute Gasteiger partial charge is 0.393 e. The van der Waals surface area contributed by atoms with Crippen molar-refractivity contribution in [3.63, 3.8) is 0 Å². The molecule has 0 saturated heterocycles. The van der Waals surface area contributed by atoms with Crippen LogP contribution in [0.15, 0.2) is 30.6 Å². The van der Waals surface area contributed by atoms with E-state index in [1.807, 2.05) is 6.33 Å². The number of hydrogen-bond acceptors (Lipinski definition) is 3. The fourth-order valence-electron chi connectivity index (χ4n) is 8.83. The van der Waals surface area contributed by atoms with Gasteiger partial charge in [0.25, 0.3) is 0 Å². The number of imidazole rings is 1. The van der Waals surface area contributed by atoms with Crippen LogP contribution in [-0.2, 0) is 4.79 Å². The van der Waals surface area contributed by atoms with Crippen molar-refractivity contribution in [1.82, 2.24) is 9.55 Å². The van der Waals surface area contributed by atoms with Crippen molar-refractivity contribution in [2.24, 2.45) is 34.5 Å². The van der Waals surface area contributed by atoms with Crippen LogP contribution >= 0.6 is 0 Å². The monoisotopic (exact) mass is 406 g/mol. The highest BCUT2D eigenvalue weighted by Gasteiger charge is 2.63. The third-order valence-electron chi connectivity index (χ3n) is 10.2. The lowest BCUT2D eigenvalue weighted by Gasteiger charge is -2.61. The zero-order valence-electron chi connectivity index (χ0n) is 18.3. The molecule has 8 unspecified atom stereocenters. The van der Waals surface area contributed by atoms with E-state index in [0.29, 0.717) is 41.9 Å². The van der Waals surface area contributed by atoms with Crippen LogP contribution in [-0.4, -0.2) is 26.5 Å². The van der Waals surface area contributed by atoms with Crippen molar-refractivity contribution >= 4 is 16.8 Å². The van der Waals surface area contributed by atoms with E-state index in [1.165, 1.54) is 31.2 Å². The lowest BCUT2D eigenvalue weighted by molar-refractivity contribution is -0.171. The van der Waals surface area contributed by atoms with E-state index in [9.17, 15) is 9.90 Å². The third kappa shape index (κ3) is 2.43. The first-order valence-electron chi connectivity index (χ1n) is 12.0. The van der Waals surface area contributed by atoms with Crippen LogP contribution in [0.3, 0.4) is 0 Å². The Morgan fingerprint density at radius 3 is 2.80 bits per heavy atom. The molecule has 0 radical (unpaired) electrons. The van der Waals surface area contributed by atoms with Crippen LogP contribution in [0.2, 0.25) is 0 Å². The molecule has 8 atom stereocenters. The highest BCUT2D eigenvalue weighted by Crippen LogP contribution is 2.68. The third-order valence-corrected chi connectivity index (χ3v) is 10.2. The number of hydrogen-bond donors (Lipinski definition) is 1. The summed E-state index contributed by atoms with van der Waals surface area (Å²) in [6, 6.07) is 8.85. The smallest absolute Gasteiger partial charge is 0.133 e. The van der Waals surface area contributed by atoms with Crippen molar-refractivity contribution in [2.45, 2.75) is 77.4 Å². The molecule has 1 aromatic carbocycles. The molecule has 4 aliphatic carbocycles. The SMILES string of the molecule is CC12CCC(=O)CC1CCC1C3CCC(n4cnc5ccccc54)C3(C)CC(O)C12. The average molecular weight is 407 g/mol. The molecule has 4 aliphatic rings. The number of ketones is 1. The zero-order chi connectivity index (χ0) is 20.7. The van der Waals surface area contributed by atoms with Gasteiger partial charge < -0.3 is 9.67 Å². The van der Waals surface area contributed by atoms with Crippen LogP contribution in [0, 0.1) is 34.5 Å².